The summed E-state index contributed by atoms with van der Waals surface area (Å²) in [5.74, 6) is -1.29. The van der Waals surface area contributed by atoms with Crippen LogP contribution in [0, 0.1) is 5.41 Å². The predicted octanol–water partition coefficient (Wildman–Crippen LogP) is 2.51. The van der Waals surface area contributed by atoms with Gasteiger partial charge in [0.1, 0.15) is 5.69 Å². The number of amides is 1. The van der Waals surface area contributed by atoms with Crippen LogP contribution in [0.15, 0.2) is 6.07 Å². The van der Waals surface area contributed by atoms with Gasteiger partial charge in [0, 0.05) is 13.5 Å². The zero-order valence-corrected chi connectivity index (χ0v) is 14.6. The van der Waals surface area contributed by atoms with Gasteiger partial charge >= 0.3 is 12.1 Å². The number of aromatic carboxylic acids is 1. The molecule has 7 nitrogen and oxygen atoms in total. The molecule has 0 bridgehead atoms. The minimum Gasteiger partial charge on any atom is -0.477 e. The first-order chi connectivity index (χ1) is 11.1. The highest BCUT2D eigenvalue weighted by Gasteiger charge is 2.29. The van der Waals surface area contributed by atoms with Crippen molar-refractivity contribution in [2.75, 3.05) is 13.2 Å². The smallest absolute Gasteiger partial charge is 0.419 e. The molecule has 0 unspecified atom stereocenters. The number of nitrogens with zero attached hydrogens (tertiary/aromatic N) is 2. The summed E-state index contributed by atoms with van der Waals surface area (Å²) in [6, 6.07) is 1.50. The van der Waals surface area contributed by atoms with Crippen molar-refractivity contribution in [3.63, 3.8) is 0 Å². The Morgan fingerprint density at radius 2 is 1.96 bits per heavy atom. The minimum atomic E-state index is -1.19. The number of aromatic nitrogens is 1. The summed E-state index contributed by atoms with van der Waals surface area (Å²) < 4.78 is 6.37. The van der Waals surface area contributed by atoms with Crippen molar-refractivity contribution in [1.82, 2.24) is 9.47 Å². The van der Waals surface area contributed by atoms with Crippen LogP contribution in [-0.4, -0.2) is 45.7 Å². The van der Waals surface area contributed by atoms with Crippen molar-refractivity contribution in [3.8, 4) is 0 Å². The molecule has 1 aromatic rings. The maximum Gasteiger partial charge on any atom is 0.419 e. The van der Waals surface area contributed by atoms with Crippen LogP contribution in [0.1, 0.15) is 55.9 Å². The van der Waals surface area contributed by atoms with Crippen LogP contribution in [-0.2, 0) is 22.5 Å². The Kier molecular flexibility index (Phi) is 5.01. The molecule has 2 rings (SSSR count). The monoisotopic (exact) mass is 336 g/mol. The molecular formula is C17H24N2O5. The third-order valence-electron chi connectivity index (χ3n) is 4.11. The van der Waals surface area contributed by atoms with E-state index in [-0.39, 0.29) is 30.2 Å². The molecule has 1 N–H and O–H groups in total. The second-order valence-corrected chi connectivity index (χ2v) is 7.26. The number of ether oxygens (including phenoxy) is 1. The Balaban J connectivity index is 2.27. The number of carboxylic acid groups (broad SMARTS) is 1. The Morgan fingerprint density at radius 3 is 2.50 bits per heavy atom. The normalized spacial score (nSPS) is 14.2. The molecule has 0 aromatic carbocycles. The van der Waals surface area contributed by atoms with Crippen LogP contribution in [0.2, 0.25) is 0 Å². The molecule has 0 aliphatic carbocycles. The predicted molar refractivity (Wildman–Crippen MR) is 87.0 cm³/mol. The zero-order valence-electron chi connectivity index (χ0n) is 14.6. The van der Waals surface area contributed by atoms with Crippen molar-refractivity contribution in [2.45, 2.75) is 47.1 Å². The van der Waals surface area contributed by atoms with E-state index in [1.807, 2.05) is 20.8 Å². The van der Waals surface area contributed by atoms with Crippen LogP contribution < -0.4 is 0 Å². The highest BCUT2D eigenvalue weighted by Crippen LogP contribution is 2.25. The maximum absolute atomic E-state index is 12.4. The number of hydrogen-bond acceptors (Lipinski definition) is 4. The van der Waals surface area contributed by atoms with Crippen LogP contribution in [0.25, 0.3) is 0 Å². The quantitative estimate of drug-likeness (QED) is 0.916. The van der Waals surface area contributed by atoms with Gasteiger partial charge < -0.3 is 14.7 Å². The molecule has 24 heavy (non-hydrogen) atoms. The Labute approximate surface area is 141 Å². The second-order valence-electron chi connectivity index (χ2n) is 7.26. The average molecular weight is 336 g/mol. The molecule has 0 saturated heterocycles. The van der Waals surface area contributed by atoms with E-state index in [9.17, 15) is 19.5 Å². The lowest BCUT2D eigenvalue weighted by atomic mass is 9.93. The molecule has 1 amide bonds. The Morgan fingerprint density at radius 1 is 1.29 bits per heavy atom. The number of carbonyl (C=O) groups excluding carboxylic acids is 2. The summed E-state index contributed by atoms with van der Waals surface area (Å²) in [4.78, 5) is 37.1. The van der Waals surface area contributed by atoms with Gasteiger partial charge in [0.25, 0.3) is 0 Å². The molecule has 132 valence electrons. The van der Waals surface area contributed by atoms with E-state index in [0.717, 1.165) is 10.1 Å². The van der Waals surface area contributed by atoms with Gasteiger partial charge in [0.05, 0.1) is 18.8 Å². The summed E-state index contributed by atoms with van der Waals surface area (Å²) in [5.41, 5.74) is 1.19. The molecular weight excluding hydrogens is 312 g/mol. The number of carboxylic acids is 1. The molecule has 1 aliphatic heterocycles. The first kappa shape index (κ1) is 18.0. The van der Waals surface area contributed by atoms with E-state index < -0.39 is 12.1 Å². The molecule has 1 aromatic heterocycles. The summed E-state index contributed by atoms with van der Waals surface area (Å²) >= 11 is 0. The van der Waals surface area contributed by atoms with Crippen molar-refractivity contribution >= 4 is 18.0 Å². The summed E-state index contributed by atoms with van der Waals surface area (Å²) in [5, 5.41) is 9.38. The second kappa shape index (κ2) is 6.67. The van der Waals surface area contributed by atoms with Gasteiger partial charge in [-0.05, 0) is 29.9 Å². The van der Waals surface area contributed by atoms with Gasteiger partial charge in [-0.1, -0.05) is 20.8 Å². The zero-order chi connectivity index (χ0) is 18.1. The van der Waals surface area contributed by atoms with Crippen LogP contribution >= 0.6 is 0 Å². The van der Waals surface area contributed by atoms with Crippen LogP contribution in [0.5, 0.6) is 0 Å². The fraction of sp³-hybridized carbons (Fsp3) is 0.588. The lowest BCUT2D eigenvalue weighted by molar-refractivity contribution is -0.129. The number of carbonyl (C=O) groups is 3. The third-order valence-corrected chi connectivity index (χ3v) is 4.11. The molecule has 0 fully saturated rings. The van der Waals surface area contributed by atoms with Gasteiger partial charge in [-0.15, -0.1) is 0 Å². The minimum absolute atomic E-state index is 0.0114. The van der Waals surface area contributed by atoms with Crippen molar-refractivity contribution in [1.29, 1.82) is 0 Å². The summed E-state index contributed by atoms with van der Waals surface area (Å²) in [7, 11) is 0. The maximum atomic E-state index is 12.4. The number of rotatable bonds is 3. The fourth-order valence-electron chi connectivity index (χ4n) is 2.65. The Bertz CT molecular complexity index is 669. The molecule has 1 aliphatic rings. The van der Waals surface area contributed by atoms with Gasteiger partial charge in [-0.3, -0.25) is 4.79 Å². The van der Waals surface area contributed by atoms with Crippen molar-refractivity contribution in [3.05, 3.63) is 23.0 Å². The standard InChI is InChI=1S/C17H24N2O5/c1-11(20)18-7-5-12-9-13(15(21)22)19(14(12)10-18)16(23)24-8-6-17(2,3)4/h9H,5-8,10H2,1-4H3,(H,21,22). The molecule has 0 radical (unpaired) electrons. The molecule has 0 saturated carbocycles. The van der Waals surface area contributed by atoms with E-state index in [4.69, 9.17) is 4.74 Å². The topological polar surface area (TPSA) is 88.8 Å². The van der Waals surface area contributed by atoms with Crippen LogP contribution in [0.4, 0.5) is 4.79 Å². The lowest BCUT2D eigenvalue weighted by Crippen LogP contribution is -2.36. The van der Waals surface area contributed by atoms with Crippen molar-refractivity contribution < 1.29 is 24.2 Å². The number of hydrogen-bond donors (Lipinski definition) is 1. The highest BCUT2D eigenvalue weighted by atomic mass is 16.5. The molecule has 0 spiro atoms. The SMILES string of the molecule is CC(=O)N1CCc2cc(C(=O)O)n(C(=O)OCCC(C)(C)C)c2C1. The largest absolute Gasteiger partial charge is 0.477 e. The van der Waals surface area contributed by atoms with Gasteiger partial charge in [-0.25, -0.2) is 14.2 Å². The van der Waals surface area contributed by atoms with Gasteiger partial charge in [0.2, 0.25) is 5.91 Å². The van der Waals surface area contributed by atoms with Crippen LogP contribution in [0.3, 0.4) is 0 Å². The summed E-state index contributed by atoms with van der Waals surface area (Å²) in [6.07, 6.45) is 0.491. The van der Waals surface area contributed by atoms with Gasteiger partial charge in [0.15, 0.2) is 0 Å². The van der Waals surface area contributed by atoms with E-state index in [2.05, 4.69) is 0 Å². The van der Waals surface area contributed by atoms with E-state index in [0.29, 0.717) is 25.1 Å². The Hall–Kier alpha value is -2.31. The highest BCUT2D eigenvalue weighted by molar-refractivity contribution is 5.92. The van der Waals surface area contributed by atoms with Gasteiger partial charge in [-0.2, -0.15) is 0 Å². The van der Waals surface area contributed by atoms with E-state index >= 15 is 0 Å². The van der Waals surface area contributed by atoms with E-state index in [1.165, 1.54) is 13.0 Å². The molecule has 7 heteroatoms. The first-order valence-corrected chi connectivity index (χ1v) is 7.99. The van der Waals surface area contributed by atoms with E-state index in [1.54, 1.807) is 4.90 Å². The number of fused-ring (bicyclic) bond motifs is 1. The fourth-order valence-corrected chi connectivity index (χ4v) is 2.65. The first-order valence-electron chi connectivity index (χ1n) is 7.99. The molecule has 2 heterocycles. The third kappa shape index (κ3) is 3.96. The van der Waals surface area contributed by atoms with Crippen molar-refractivity contribution in [2.24, 2.45) is 5.41 Å². The average Bonchev–Trinajstić information content (AvgIpc) is 2.84. The lowest BCUT2D eigenvalue weighted by Gasteiger charge is -2.27. The molecule has 0 atom stereocenters. The summed E-state index contributed by atoms with van der Waals surface area (Å²) in [6.45, 7) is 8.50.